The lowest BCUT2D eigenvalue weighted by Gasteiger charge is -2.08. The second-order valence-corrected chi connectivity index (χ2v) is 3.29. The molecular weight excluding hydrogens is 236 g/mol. The van der Waals surface area contributed by atoms with Crippen LogP contribution in [0.25, 0.3) is 0 Å². The molecule has 1 aromatic carbocycles. The summed E-state index contributed by atoms with van der Waals surface area (Å²) in [5, 5.41) is -0.376. The maximum absolute atomic E-state index is 12.8. The van der Waals surface area contributed by atoms with E-state index in [0.717, 1.165) is 6.07 Å². The molecule has 0 heterocycles. The van der Waals surface area contributed by atoms with Crippen LogP contribution in [0.15, 0.2) is 12.1 Å². The Balaban J connectivity index is 3.32. The molecule has 0 saturated heterocycles. The van der Waals surface area contributed by atoms with E-state index in [1.807, 2.05) is 0 Å². The Morgan fingerprint density at radius 2 is 1.87 bits per heavy atom. The average Bonchev–Trinajstić information content (AvgIpc) is 2.08. The predicted octanol–water partition coefficient (Wildman–Crippen LogP) is 3.53. The summed E-state index contributed by atoms with van der Waals surface area (Å²) in [7, 11) is 0. The zero-order valence-electron chi connectivity index (χ0n) is 7.45. The lowest BCUT2D eigenvalue weighted by molar-refractivity contribution is -0.0885. The maximum Gasteiger partial charge on any atom is 0.454 e. The van der Waals surface area contributed by atoms with E-state index in [9.17, 15) is 22.4 Å². The maximum atomic E-state index is 12.8. The van der Waals surface area contributed by atoms with Crippen molar-refractivity contribution >= 4 is 17.4 Å². The Morgan fingerprint density at radius 3 is 2.33 bits per heavy atom. The highest BCUT2D eigenvalue weighted by atomic mass is 35.5. The van der Waals surface area contributed by atoms with Gasteiger partial charge in [0, 0.05) is 5.56 Å². The fraction of sp³-hybridized carbons (Fsp3) is 0.222. The summed E-state index contributed by atoms with van der Waals surface area (Å²) < 4.78 is 48.9. The van der Waals surface area contributed by atoms with E-state index in [-0.39, 0.29) is 10.6 Å². The minimum absolute atomic E-state index is 0.0873. The molecular formula is C9H5ClF4O. The van der Waals surface area contributed by atoms with Gasteiger partial charge in [-0.05, 0) is 24.6 Å². The van der Waals surface area contributed by atoms with E-state index in [2.05, 4.69) is 0 Å². The fourth-order valence-electron chi connectivity index (χ4n) is 1.04. The predicted molar refractivity (Wildman–Crippen MR) is 46.5 cm³/mol. The molecule has 0 aliphatic heterocycles. The second kappa shape index (κ2) is 3.81. The Morgan fingerprint density at radius 1 is 1.33 bits per heavy atom. The molecule has 0 saturated carbocycles. The molecule has 0 bridgehead atoms. The van der Waals surface area contributed by atoms with Crippen LogP contribution >= 0.6 is 11.6 Å². The van der Waals surface area contributed by atoms with Crippen LogP contribution in [-0.2, 0) is 0 Å². The monoisotopic (exact) mass is 240 g/mol. The minimum Gasteiger partial charge on any atom is -0.284 e. The van der Waals surface area contributed by atoms with Crippen LogP contribution in [0, 0.1) is 12.7 Å². The first-order valence-electron chi connectivity index (χ1n) is 3.80. The number of alkyl halides is 3. The van der Waals surface area contributed by atoms with Gasteiger partial charge in [-0.25, -0.2) is 4.39 Å². The summed E-state index contributed by atoms with van der Waals surface area (Å²) in [6.45, 7) is 1.32. The van der Waals surface area contributed by atoms with Gasteiger partial charge in [0.15, 0.2) is 0 Å². The molecule has 0 aromatic heterocycles. The number of ketones is 1. The molecule has 0 unspecified atom stereocenters. The molecule has 0 atom stereocenters. The zero-order valence-corrected chi connectivity index (χ0v) is 8.21. The van der Waals surface area contributed by atoms with Crippen molar-refractivity contribution in [1.29, 1.82) is 0 Å². The molecule has 0 aliphatic carbocycles. The average molecular weight is 241 g/mol. The quantitative estimate of drug-likeness (QED) is 0.542. The number of hydrogen-bond donors (Lipinski definition) is 0. The molecule has 0 N–H and O–H groups in total. The summed E-state index contributed by atoms with van der Waals surface area (Å²) >= 11 is 5.48. The highest BCUT2D eigenvalue weighted by Crippen LogP contribution is 2.28. The van der Waals surface area contributed by atoms with Gasteiger partial charge in [0.05, 0.1) is 5.02 Å². The molecule has 1 nitrogen and oxygen atoms in total. The van der Waals surface area contributed by atoms with Crippen molar-refractivity contribution in [2.24, 2.45) is 0 Å². The number of aryl methyl sites for hydroxylation is 1. The van der Waals surface area contributed by atoms with E-state index < -0.39 is 23.3 Å². The molecule has 6 heteroatoms. The van der Waals surface area contributed by atoms with Crippen LogP contribution in [0.1, 0.15) is 15.9 Å². The number of Topliss-reactive ketones (excluding diaryl/α,β-unsaturated/α-hetero) is 1. The Labute approximate surface area is 87.7 Å². The van der Waals surface area contributed by atoms with Crippen LogP contribution in [0.3, 0.4) is 0 Å². The van der Waals surface area contributed by atoms with Crippen molar-refractivity contribution in [1.82, 2.24) is 0 Å². The topological polar surface area (TPSA) is 17.1 Å². The summed E-state index contributed by atoms with van der Waals surface area (Å²) in [6, 6.07) is 1.43. The van der Waals surface area contributed by atoms with Crippen molar-refractivity contribution in [3.05, 3.63) is 34.1 Å². The van der Waals surface area contributed by atoms with Crippen molar-refractivity contribution < 1.29 is 22.4 Å². The smallest absolute Gasteiger partial charge is 0.284 e. The largest absolute Gasteiger partial charge is 0.454 e. The summed E-state index contributed by atoms with van der Waals surface area (Å²) in [6.07, 6.45) is -5.05. The standard InChI is InChI=1S/C9H5ClF4O/c1-4-2-5(11)3-6(7(4)10)8(15)9(12,13)14/h2-3H,1H3. The Kier molecular flexibility index (Phi) is 3.04. The molecule has 0 radical (unpaired) electrons. The lowest BCUT2D eigenvalue weighted by atomic mass is 10.1. The van der Waals surface area contributed by atoms with E-state index in [0.29, 0.717) is 6.07 Å². The number of carbonyl (C=O) groups excluding carboxylic acids is 1. The van der Waals surface area contributed by atoms with Crippen LogP contribution in [0.4, 0.5) is 17.6 Å². The Bertz CT molecular complexity index is 411. The Hall–Kier alpha value is -1.10. The highest BCUT2D eigenvalue weighted by molar-refractivity contribution is 6.35. The number of benzene rings is 1. The van der Waals surface area contributed by atoms with Gasteiger partial charge >= 0.3 is 6.18 Å². The third-order valence-corrected chi connectivity index (χ3v) is 2.22. The van der Waals surface area contributed by atoms with Crippen LogP contribution < -0.4 is 0 Å². The number of carbonyl (C=O) groups is 1. The van der Waals surface area contributed by atoms with Crippen LogP contribution in [0.2, 0.25) is 5.02 Å². The van der Waals surface area contributed by atoms with Gasteiger partial charge in [-0.2, -0.15) is 13.2 Å². The first-order chi connectivity index (χ1) is 6.73. The number of hydrogen-bond acceptors (Lipinski definition) is 1. The van der Waals surface area contributed by atoms with Crippen LogP contribution in [-0.4, -0.2) is 12.0 Å². The van der Waals surface area contributed by atoms with E-state index >= 15 is 0 Å². The van der Waals surface area contributed by atoms with Gasteiger partial charge in [-0.1, -0.05) is 11.6 Å². The summed E-state index contributed by atoms with van der Waals surface area (Å²) in [4.78, 5) is 10.8. The van der Waals surface area contributed by atoms with E-state index in [1.54, 1.807) is 0 Å². The molecule has 82 valence electrons. The number of rotatable bonds is 1. The van der Waals surface area contributed by atoms with Crippen molar-refractivity contribution in [2.75, 3.05) is 0 Å². The molecule has 0 aliphatic rings. The SMILES string of the molecule is Cc1cc(F)cc(C(=O)C(F)(F)F)c1Cl. The molecule has 0 amide bonds. The third kappa shape index (κ3) is 2.47. The van der Waals surface area contributed by atoms with Gasteiger partial charge < -0.3 is 0 Å². The van der Waals surface area contributed by atoms with Gasteiger partial charge in [0.2, 0.25) is 0 Å². The summed E-state index contributed by atoms with van der Waals surface area (Å²) in [5.74, 6) is -3.07. The van der Waals surface area contributed by atoms with Gasteiger partial charge in [-0.3, -0.25) is 4.79 Å². The van der Waals surface area contributed by atoms with Crippen molar-refractivity contribution in [3.63, 3.8) is 0 Å². The van der Waals surface area contributed by atoms with E-state index in [4.69, 9.17) is 11.6 Å². The van der Waals surface area contributed by atoms with Gasteiger partial charge in [0.1, 0.15) is 5.82 Å². The summed E-state index contributed by atoms with van der Waals surface area (Å²) in [5.41, 5.74) is -0.772. The zero-order chi connectivity index (χ0) is 11.8. The molecule has 0 spiro atoms. The van der Waals surface area contributed by atoms with Gasteiger partial charge in [0.25, 0.3) is 5.78 Å². The molecule has 1 aromatic rings. The fourth-order valence-corrected chi connectivity index (χ4v) is 1.24. The second-order valence-electron chi connectivity index (χ2n) is 2.91. The molecule has 1 rings (SSSR count). The first-order valence-corrected chi connectivity index (χ1v) is 4.18. The normalized spacial score (nSPS) is 11.6. The highest BCUT2D eigenvalue weighted by Gasteiger charge is 2.40. The minimum atomic E-state index is -5.05. The molecule has 15 heavy (non-hydrogen) atoms. The number of halogens is 5. The first kappa shape index (κ1) is 12.0. The van der Waals surface area contributed by atoms with E-state index in [1.165, 1.54) is 6.92 Å². The van der Waals surface area contributed by atoms with Gasteiger partial charge in [-0.15, -0.1) is 0 Å². The third-order valence-electron chi connectivity index (χ3n) is 1.72. The lowest BCUT2D eigenvalue weighted by Crippen LogP contribution is -2.23. The van der Waals surface area contributed by atoms with Crippen molar-refractivity contribution in [2.45, 2.75) is 13.1 Å². The van der Waals surface area contributed by atoms with Crippen molar-refractivity contribution in [3.8, 4) is 0 Å². The molecule has 0 fully saturated rings. The van der Waals surface area contributed by atoms with Crippen LogP contribution in [0.5, 0.6) is 0 Å².